The number of rotatable bonds is 5. The van der Waals surface area contributed by atoms with Crippen molar-refractivity contribution in [2.24, 2.45) is 5.92 Å². The van der Waals surface area contributed by atoms with Crippen molar-refractivity contribution in [2.45, 2.75) is 26.5 Å². The summed E-state index contributed by atoms with van der Waals surface area (Å²) in [6.07, 6.45) is 0. The summed E-state index contributed by atoms with van der Waals surface area (Å²) in [6.45, 7) is 6.38. The third-order valence-electron chi connectivity index (χ3n) is 2.67. The number of benzene rings is 1. The summed E-state index contributed by atoms with van der Waals surface area (Å²) >= 11 is 1.82. The van der Waals surface area contributed by atoms with Gasteiger partial charge in [0.15, 0.2) is 5.82 Å². The normalized spacial score (nSPS) is 11.2. The van der Waals surface area contributed by atoms with E-state index in [2.05, 4.69) is 24.0 Å². The summed E-state index contributed by atoms with van der Waals surface area (Å²) in [7, 11) is 0. The first-order chi connectivity index (χ1) is 9.08. The molecule has 0 fully saturated rings. The summed E-state index contributed by atoms with van der Waals surface area (Å²) in [5, 5.41) is 4.01. The maximum absolute atomic E-state index is 5.97. The Kier molecular flexibility index (Phi) is 4.47. The molecule has 1 heterocycles. The minimum atomic E-state index is 0.510. The average Bonchev–Trinajstić information content (AvgIpc) is 2.77. The monoisotopic (exact) mass is 277 g/mol. The van der Waals surface area contributed by atoms with Crippen LogP contribution >= 0.6 is 11.8 Å². The maximum Gasteiger partial charge on any atom is 0.260 e. The van der Waals surface area contributed by atoms with Gasteiger partial charge in [0.2, 0.25) is 0 Å². The Morgan fingerprint density at radius 1 is 1.37 bits per heavy atom. The van der Waals surface area contributed by atoms with E-state index in [0.717, 1.165) is 28.5 Å². The van der Waals surface area contributed by atoms with Crippen molar-refractivity contribution in [1.29, 1.82) is 0 Å². The molecule has 2 rings (SSSR count). The first-order valence-electron chi connectivity index (χ1n) is 6.33. The van der Waals surface area contributed by atoms with Crippen LogP contribution in [0.4, 0.5) is 5.69 Å². The van der Waals surface area contributed by atoms with Crippen LogP contribution in [-0.4, -0.2) is 15.9 Å². The summed E-state index contributed by atoms with van der Waals surface area (Å²) in [5.41, 5.74) is 8.53. The van der Waals surface area contributed by atoms with Gasteiger partial charge < -0.3 is 10.3 Å². The largest absolute Gasteiger partial charge is 0.398 e. The minimum Gasteiger partial charge on any atom is -0.398 e. The number of nitrogen functional groups attached to an aromatic ring is 1. The zero-order valence-corrected chi connectivity index (χ0v) is 12.3. The van der Waals surface area contributed by atoms with Gasteiger partial charge in [0.05, 0.1) is 11.3 Å². The van der Waals surface area contributed by atoms with E-state index in [4.69, 9.17) is 10.3 Å². The van der Waals surface area contributed by atoms with E-state index < -0.39 is 0 Å². The van der Waals surface area contributed by atoms with Crippen LogP contribution in [0.15, 0.2) is 22.7 Å². The third kappa shape index (κ3) is 3.50. The lowest BCUT2D eigenvalue weighted by Gasteiger charge is -2.03. The summed E-state index contributed by atoms with van der Waals surface area (Å²) in [5.74, 6) is 3.77. The van der Waals surface area contributed by atoms with Gasteiger partial charge in [0.25, 0.3) is 5.89 Å². The molecule has 0 saturated heterocycles. The quantitative estimate of drug-likeness (QED) is 0.847. The zero-order chi connectivity index (χ0) is 13.8. The Morgan fingerprint density at radius 2 is 2.16 bits per heavy atom. The maximum atomic E-state index is 5.97. The SMILES string of the molecule is Cc1cccc(N)c1-c1nc(CSCC(C)C)no1. The Balaban J connectivity index is 2.12. The molecule has 1 aromatic carbocycles. The molecular formula is C14H19N3OS. The average molecular weight is 277 g/mol. The molecule has 1 aromatic heterocycles. The summed E-state index contributed by atoms with van der Waals surface area (Å²) in [4.78, 5) is 4.42. The van der Waals surface area contributed by atoms with Gasteiger partial charge in [-0.1, -0.05) is 31.1 Å². The highest BCUT2D eigenvalue weighted by Gasteiger charge is 2.14. The van der Waals surface area contributed by atoms with E-state index in [-0.39, 0.29) is 0 Å². The van der Waals surface area contributed by atoms with Crippen molar-refractivity contribution in [3.05, 3.63) is 29.6 Å². The van der Waals surface area contributed by atoms with Crippen LogP contribution in [0.5, 0.6) is 0 Å². The molecule has 0 bridgehead atoms. The van der Waals surface area contributed by atoms with Crippen molar-refractivity contribution in [3.8, 4) is 11.5 Å². The highest BCUT2D eigenvalue weighted by Crippen LogP contribution is 2.28. The van der Waals surface area contributed by atoms with E-state index >= 15 is 0 Å². The Labute approximate surface area is 117 Å². The summed E-state index contributed by atoms with van der Waals surface area (Å²) < 4.78 is 5.32. The predicted octanol–water partition coefficient (Wildman–Crippen LogP) is 3.52. The van der Waals surface area contributed by atoms with E-state index in [9.17, 15) is 0 Å². The number of hydrogen-bond donors (Lipinski definition) is 1. The molecule has 0 spiro atoms. The van der Waals surface area contributed by atoms with Gasteiger partial charge >= 0.3 is 0 Å². The fourth-order valence-electron chi connectivity index (χ4n) is 1.78. The zero-order valence-electron chi connectivity index (χ0n) is 11.5. The number of anilines is 1. The van der Waals surface area contributed by atoms with Gasteiger partial charge in [0.1, 0.15) is 0 Å². The van der Waals surface area contributed by atoms with Crippen molar-refractivity contribution >= 4 is 17.4 Å². The molecule has 0 amide bonds. The lowest BCUT2D eigenvalue weighted by atomic mass is 10.1. The third-order valence-corrected chi connectivity index (χ3v) is 4.03. The predicted molar refractivity (Wildman–Crippen MR) is 79.9 cm³/mol. The molecule has 0 atom stereocenters. The Bertz CT molecular complexity index is 531. The highest BCUT2D eigenvalue weighted by atomic mass is 32.2. The van der Waals surface area contributed by atoms with Crippen LogP contribution < -0.4 is 5.73 Å². The topological polar surface area (TPSA) is 64.9 Å². The number of aryl methyl sites for hydroxylation is 1. The first kappa shape index (κ1) is 13.9. The second-order valence-electron chi connectivity index (χ2n) is 4.96. The van der Waals surface area contributed by atoms with Crippen LogP contribution in [0.2, 0.25) is 0 Å². The lowest BCUT2D eigenvalue weighted by Crippen LogP contribution is -1.94. The molecule has 0 aliphatic rings. The minimum absolute atomic E-state index is 0.510. The van der Waals surface area contributed by atoms with Crippen LogP contribution in [0.1, 0.15) is 25.2 Å². The molecule has 0 unspecified atom stereocenters. The fraction of sp³-hybridized carbons (Fsp3) is 0.429. The number of aromatic nitrogens is 2. The van der Waals surface area contributed by atoms with Crippen LogP contribution in [0.25, 0.3) is 11.5 Å². The number of hydrogen-bond acceptors (Lipinski definition) is 5. The van der Waals surface area contributed by atoms with Gasteiger partial charge in [-0.15, -0.1) is 0 Å². The number of nitrogens with two attached hydrogens (primary N) is 1. The van der Waals surface area contributed by atoms with Crippen molar-refractivity contribution in [2.75, 3.05) is 11.5 Å². The van der Waals surface area contributed by atoms with Crippen molar-refractivity contribution < 1.29 is 4.52 Å². The molecule has 0 radical (unpaired) electrons. The molecule has 0 aliphatic heterocycles. The number of nitrogens with zero attached hydrogens (tertiary/aromatic N) is 2. The molecular weight excluding hydrogens is 258 g/mol. The van der Waals surface area contributed by atoms with E-state index in [1.807, 2.05) is 36.9 Å². The van der Waals surface area contributed by atoms with E-state index in [1.54, 1.807) is 0 Å². The van der Waals surface area contributed by atoms with Crippen molar-refractivity contribution in [1.82, 2.24) is 10.1 Å². The standard InChI is InChI=1S/C14H19N3OS/c1-9(2)7-19-8-12-16-14(18-17-12)13-10(3)5-4-6-11(13)15/h4-6,9H,7-8,15H2,1-3H3. The molecule has 0 saturated carbocycles. The molecule has 2 N–H and O–H groups in total. The second kappa shape index (κ2) is 6.10. The van der Waals surface area contributed by atoms with Gasteiger partial charge in [0, 0.05) is 5.69 Å². The van der Waals surface area contributed by atoms with E-state index in [1.165, 1.54) is 0 Å². The molecule has 2 aromatic rings. The van der Waals surface area contributed by atoms with Crippen LogP contribution in [0, 0.1) is 12.8 Å². The Morgan fingerprint density at radius 3 is 2.84 bits per heavy atom. The molecule has 4 nitrogen and oxygen atoms in total. The molecule has 102 valence electrons. The summed E-state index contributed by atoms with van der Waals surface area (Å²) in [6, 6.07) is 5.76. The lowest BCUT2D eigenvalue weighted by molar-refractivity contribution is 0.425. The molecule has 0 aliphatic carbocycles. The second-order valence-corrected chi connectivity index (χ2v) is 5.99. The van der Waals surface area contributed by atoms with Gasteiger partial charge in [-0.05, 0) is 30.2 Å². The number of thioether (sulfide) groups is 1. The van der Waals surface area contributed by atoms with Crippen LogP contribution in [0.3, 0.4) is 0 Å². The highest BCUT2D eigenvalue weighted by molar-refractivity contribution is 7.98. The van der Waals surface area contributed by atoms with Gasteiger partial charge in [-0.3, -0.25) is 0 Å². The van der Waals surface area contributed by atoms with Gasteiger partial charge in [-0.2, -0.15) is 16.7 Å². The van der Waals surface area contributed by atoms with Crippen LogP contribution in [-0.2, 0) is 5.75 Å². The van der Waals surface area contributed by atoms with Crippen molar-refractivity contribution in [3.63, 3.8) is 0 Å². The van der Waals surface area contributed by atoms with E-state index in [0.29, 0.717) is 17.5 Å². The first-order valence-corrected chi connectivity index (χ1v) is 7.49. The van der Waals surface area contributed by atoms with Gasteiger partial charge in [-0.25, -0.2) is 0 Å². The fourth-order valence-corrected chi connectivity index (χ4v) is 2.67. The molecule has 19 heavy (non-hydrogen) atoms. The molecule has 5 heteroatoms. The Hall–Kier alpha value is -1.49. The smallest absolute Gasteiger partial charge is 0.260 e.